The number of ether oxygens (including phenoxy) is 1. The molecular formula is C22H29N5O2. The minimum atomic E-state index is 0.000308. The molecule has 1 saturated carbocycles. The van der Waals surface area contributed by atoms with Gasteiger partial charge >= 0.3 is 0 Å². The van der Waals surface area contributed by atoms with E-state index in [1.165, 1.54) is 17.7 Å². The third-order valence-corrected chi connectivity index (χ3v) is 6.66. The number of aromatic nitrogens is 4. The molecular weight excluding hydrogens is 366 g/mol. The molecule has 0 aromatic carbocycles. The molecule has 154 valence electrons. The molecule has 1 unspecified atom stereocenters. The maximum atomic E-state index is 12.5. The third kappa shape index (κ3) is 3.92. The fraction of sp³-hybridized carbons (Fsp3) is 0.636. The van der Waals surface area contributed by atoms with Crippen LogP contribution in [0.2, 0.25) is 0 Å². The monoisotopic (exact) mass is 395 g/mol. The normalized spacial score (nSPS) is 26.4. The van der Waals surface area contributed by atoms with Gasteiger partial charge in [0.15, 0.2) is 0 Å². The Morgan fingerprint density at radius 2 is 1.90 bits per heavy atom. The maximum absolute atomic E-state index is 12.5. The van der Waals surface area contributed by atoms with Crippen LogP contribution >= 0.6 is 0 Å². The van der Waals surface area contributed by atoms with Crippen molar-refractivity contribution in [3.8, 4) is 0 Å². The SMILES string of the molecule is CC1CCc2nnc(NC3CCC(n4nc5c(cc4=O)COCC5)CC3)cc2C1. The molecule has 1 aliphatic heterocycles. The Morgan fingerprint density at radius 1 is 1.03 bits per heavy atom. The molecule has 1 atom stereocenters. The Morgan fingerprint density at radius 3 is 2.76 bits per heavy atom. The number of hydrogen-bond acceptors (Lipinski definition) is 6. The van der Waals surface area contributed by atoms with Crippen molar-refractivity contribution in [1.29, 1.82) is 0 Å². The van der Waals surface area contributed by atoms with Crippen molar-refractivity contribution >= 4 is 5.82 Å². The second-order valence-electron chi connectivity index (χ2n) is 8.90. The van der Waals surface area contributed by atoms with Crippen molar-refractivity contribution in [2.45, 2.75) is 77.0 Å². The summed E-state index contributed by atoms with van der Waals surface area (Å²) in [5.74, 6) is 1.62. The summed E-state index contributed by atoms with van der Waals surface area (Å²) in [6.07, 6.45) is 8.07. The highest BCUT2D eigenvalue weighted by atomic mass is 16.5. The zero-order chi connectivity index (χ0) is 19.8. The highest BCUT2D eigenvalue weighted by Gasteiger charge is 2.26. The van der Waals surface area contributed by atoms with Gasteiger partial charge in [0.05, 0.1) is 30.6 Å². The van der Waals surface area contributed by atoms with Gasteiger partial charge in [0.2, 0.25) is 0 Å². The van der Waals surface area contributed by atoms with Gasteiger partial charge < -0.3 is 10.1 Å². The molecule has 5 rings (SSSR count). The van der Waals surface area contributed by atoms with Crippen LogP contribution in [-0.4, -0.2) is 32.6 Å². The summed E-state index contributed by atoms with van der Waals surface area (Å²) in [4.78, 5) is 12.5. The van der Waals surface area contributed by atoms with Crippen LogP contribution in [0.25, 0.3) is 0 Å². The Balaban J connectivity index is 1.23. The fourth-order valence-corrected chi connectivity index (χ4v) is 4.94. The lowest BCUT2D eigenvalue weighted by atomic mass is 9.88. The van der Waals surface area contributed by atoms with Crippen molar-refractivity contribution in [2.24, 2.45) is 5.92 Å². The zero-order valence-corrected chi connectivity index (χ0v) is 17.1. The standard InChI is InChI=1S/C22H29N5O2/c1-14-2-7-19-15(10-14)11-21(25-24-19)23-17-3-5-18(6-4-17)27-22(28)12-16-13-29-9-8-20(16)26-27/h11-12,14,17-18H,2-10,13H2,1H3,(H,23,25). The van der Waals surface area contributed by atoms with E-state index >= 15 is 0 Å². The van der Waals surface area contributed by atoms with Crippen LogP contribution in [-0.2, 0) is 30.6 Å². The van der Waals surface area contributed by atoms with E-state index in [2.05, 4.69) is 33.6 Å². The minimum Gasteiger partial charge on any atom is -0.376 e. The molecule has 0 spiro atoms. The number of hydrogen-bond donors (Lipinski definition) is 1. The molecule has 29 heavy (non-hydrogen) atoms. The first-order valence-corrected chi connectivity index (χ1v) is 11.0. The topological polar surface area (TPSA) is 81.9 Å². The molecule has 1 N–H and O–H groups in total. The highest BCUT2D eigenvalue weighted by molar-refractivity contribution is 5.40. The largest absolute Gasteiger partial charge is 0.376 e. The molecule has 3 heterocycles. The predicted molar refractivity (Wildman–Crippen MR) is 110 cm³/mol. The molecule has 3 aliphatic rings. The molecule has 2 aromatic rings. The van der Waals surface area contributed by atoms with E-state index in [4.69, 9.17) is 4.74 Å². The summed E-state index contributed by atoms with van der Waals surface area (Å²) in [5.41, 5.74) is 4.49. The lowest BCUT2D eigenvalue weighted by molar-refractivity contribution is 0.107. The van der Waals surface area contributed by atoms with Gasteiger partial charge in [-0.3, -0.25) is 4.79 Å². The quantitative estimate of drug-likeness (QED) is 0.861. The van der Waals surface area contributed by atoms with E-state index in [1.807, 2.05) is 0 Å². The zero-order valence-electron chi connectivity index (χ0n) is 17.1. The van der Waals surface area contributed by atoms with Gasteiger partial charge in [0.25, 0.3) is 5.56 Å². The van der Waals surface area contributed by atoms with Gasteiger partial charge in [-0.25, -0.2) is 4.68 Å². The number of nitrogens with one attached hydrogen (secondary N) is 1. The van der Waals surface area contributed by atoms with E-state index in [1.54, 1.807) is 10.7 Å². The van der Waals surface area contributed by atoms with Crippen molar-refractivity contribution in [3.05, 3.63) is 45.0 Å². The van der Waals surface area contributed by atoms with E-state index in [9.17, 15) is 4.79 Å². The molecule has 0 saturated heterocycles. The predicted octanol–water partition coefficient (Wildman–Crippen LogP) is 2.83. The number of nitrogens with zero attached hydrogens (tertiary/aromatic N) is 4. The lowest BCUT2D eigenvalue weighted by Gasteiger charge is -2.30. The van der Waals surface area contributed by atoms with Crippen LogP contribution in [0.5, 0.6) is 0 Å². The number of aryl methyl sites for hydroxylation is 1. The van der Waals surface area contributed by atoms with Gasteiger partial charge in [-0.2, -0.15) is 10.2 Å². The Labute approximate surface area is 170 Å². The van der Waals surface area contributed by atoms with Crippen LogP contribution in [0.3, 0.4) is 0 Å². The average Bonchev–Trinajstić information content (AvgIpc) is 2.73. The number of rotatable bonds is 3. The number of anilines is 1. The summed E-state index contributed by atoms with van der Waals surface area (Å²) in [7, 11) is 0. The summed E-state index contributed by atoms with van der Waals surface area (Å²) in [6, 6.07) is 4.47. The fourth-order valence-electron chi connectivity index (χ4n) is 4.94. The molecule has 0 bridgehead atoms. The Kier molecular flexibility index (Phi) is 5.08. The molecule has 2 aliphatic carbocycles. The van der Waals surface area contributed by atoms with E-state index in [0.717, 1.165) is 67.9 Å². The van der Waals surface area contributed by atoms with Crippen LogP contribution in [0, 0.1) is 5.92 Å². The van der Waals surface area contributed by atoms with Gasteiger partial charge in [-0.05, 0) is 62.5 Å². The highest BCUT2D eigenvalue weighted by Crippen LogP contribution is 2.30. The average molecular weight is 396 g/mol. The molecule has 7 nitrogen and oxygen atoms in total. The summed E-state index contributed by atoms with van der Waals surface area (Å²) in [5, 5.41) is 17.1. The van der Waals surface area contributed by atoms with E-state index in [0.29, 0.717) is 19.3 Å². The molecule has 1 fully saturated rings. The Hall–Kier alpha value is -2.28. The first-order valence-electron chi connectivity index (χ1n) is 11.0. The van der Waals surface area contributed by atoms with Crippen molar-refractivity contribution < 1.29 is 4.74 Å². The summed E-state index contributed by atoms with van der Waals surface area (Å²) < 4.78 is 7.16. The van der Waals surface area contributed by atoms with Crippen molar-refractivity contribution in [1.82, 2.24) is 20.0 Å². The van der Waals surface area contributed by atoms with Gasteiger partial charge in [-0.1, -0.05) is 6.92 Å². The second kappa shape index (κ2) is 7.86. The smallest absolute Gasteiger partial charge is 0.267 e. The summed E-state index contributed by atoms with van der Waals surface area (Å²) >= 11 is 0. The van der Waals surface area contributed by atoms with E-state index < -0.39 is 0 Å². The second-order valence-corrected chi connectivity index (χ2v) is 8.90. The molecule has 7 heteroatoms. The first kappa shape index (κ1) is 18.7. The molecule has 2 aromatic heterocycles. The van der Waals surface area contributed by atoms with Crippen LogP contribution in [0.1, 0.15) is 67.6 Å². The first-order chi connectivity index (χ1) is 14.2. The van der Waals surface area contributed by atoms with Gasteiger partial charge in [0.1, 0.15) is 5.82 Å². The van der Waals surface area contributed by atoms with E-state index in [-0.39, 0.29) is 11.6 Å². The Bertz CT molecular complexity index is 949. The van der Waals surface area contributed by atoms with Crippen LogP contribution in [0.4, 0.5) is 5.82 Å². The van der Waals surface area contributed by atoms with Gasteiger partial charge in [-0.15, -0.1) is 5.10 Å². The third-order valence-electron chi connectivity index (χ3n) is 6.66. The van der Waals surface area contributed by atoms with Crippen molar-refractivity contribution in [3.63, 3.8) is 0 Å². The molecule has 0 radical (unpaired) electrons. The number of fused-ring (bicyclic) bond motifs is 2. The summed E-state index contributed by atoms with van der Waals surface area (Å²) in [6.45, 7) is 3.51. The molecule has 0 amide bonds. The van der Waals surface area contributed by atoms with Crippen LogP contribution < -0.4 is 10.9 Å². The van der Waals surface area contributed by atoms with Crippen molar-refractivity contribution in [2.75, 3.05) is 11.9 Å². The maximum Gasteiger partial charge on any atom is 0.267 e. The van der Waals surface area contributed by atoms with Gasteiger partial charge in [0, 0.05) is 24.1 Å². The van der Waals surface area contributed by atoms with Crippen LogP contribution in [0.15, 0.2) is 16.9 Å². The minimum absolute atomic E-state index is 0.000308. The lowest BCUT2D eigenvalue weighted by Crippen LogP contribution is -2.35.